The number of ether oxygens (including phenoxy) is 1. The molecule has 3 rings (SSSR count). The predicted molar refractivity (Wildman–Crippen MR) is 106 cm³/mol. The second kappa shape index (κ2) is 8.95. The minimum absolute atomic E-state index is 0.0472. The smallest absolute Gasteiger partial charge is 0.224 e. The number of carbonyl (C=O) groups is 2. The molecule has 3 aromatic rings. The Labute approximate surface area is 163 Å². The number of rotatable bonds is 7. The van der Waals surface area contributed by atoms with Gasteiger partial charge in [0.1, 0.15) is 17.3 Å². The van der Waals surface area contributed by atoms with E-state index in [0.717, 1.165) is 5.56 Å². The first kappa shape index (κ1) is 19.3. The molecule has 0 aliphatic heterocycles. The van der Waals surface area contributed by atoms with E-state index in [4.69, 9.17) is 4.74 Å². The number of hydrogen-bond acceptors (Lipinski definition) is 3. The Hall–Kier alpha value is -3.47. The molecule has 1 amide bonds. The molecule has 5 heteroatoms. The summed E-state index contributed by atoms with van der Waals surface area (Å²) in [6, 6.07) is 20.1. The molecule has 0 aliphatic rings. The molecule has 3 aromatic carbocycles. The highest BCUT2D eigenvalue weighted by atomic mass is 19.1. The van der Waals surface area contributed by atoms with Crippen LogP contribution >= 0.6 is 0 Å². The Morgan fingerprint density at radius 3 is 2.43 bits per heavy atom. The average molecular weight is 377 g/mol. The molecule has 0 unspecified atom stereocenters. The number of amides is 1. The topological polar surface area (TPSA) is 55.4 Å². The molecule has 4 nitrogen and oxygen atoms in total. The molecule has 0 spiro atoms. The predicted octanol–water partition coefficient (Wildman–Crippen LogP) is 5.39. The normalized spacial score (nSPS) is 10.4. The Balaban J connectivity index is 1.57. The summed E-state index contributed by atoms with van der Waals surface area (Å²) in [5.74, 6) is 0.668. The fraction of sp³-hybridized carbons (Fsp3) is 0.130. The molecule has 0 saturated carbocycles. The number of hydrogen-bond donors (Lipinski definition) is 1. The zero-order chi connectivity index (χ0) is 19.9. The first-order chi connectivity index (χ1) is 13.5. The number of Topliss-reactive ketones (excluding diaryl/α,β-unsaturated/α-hetero) is 1. The van der Waals surface area contributed by atoms with Gasteiger partial charge in [0.2, 0.25) is 5.91 Å². The number of aryl methyl sites for hydroxylation is 1. The highest BCUT2D eigenvalue weighted by molar-refractivity contribution is 5.97. The molecular weight excluding hydrogens is 357 g/mol. The van der Waals surface area contributed by atoms with Crippen LogP contribution in [0.15, 0.2) is 72.8 Å². The Morgan fingerprint density at radius 2 is 1.68 bits per heavy atom. The number of nitrogens with one attached hydrogen (secondary N) is 1. The third kappa shape index (κ3) is 5.51. The maximum Gasteiger partial charge on any atom is 0.224 e. The Bertz CT molecular complexity index is 983. The highest BCUT2D eigenvalue weighted by Gasteiger charge is 2.07. The third-order valence-electron chi connectivity index (χ3n) is 4.14. The molecule has 0 atom stereocenters. The molecule has 0 saturated heterocycles. The van der Waals surface area contributed by atoms with Crippen LogP contribution in [0, 0.1) is 5.82 Å². The molecule has 0 heterocycles. The summed E-state index contributed by atoms with van der Waals surface area (Å²) in [4.78, 5) is 23.6. The summed E-state index contributed by atoms with van der Waals surface area (Å²) in [7, 11) is 0. The Morgan fingerprint density at radius 1 is 0.929 bits per heavy atom. The van der Waals surface area contributed by atoms with Crippen molar-refractivity contribution >= 4 is 17.4 Å². The van der Waals surface area contributed by atoms with Crippen LogP contribution in [-0.2, 0) is 11.2 Å². The number of anilines is 1. The SMILES string of the molecule is CC(=O)c1cccc(NC(=O)CCc2cccc(Oc3ccc(F)cc3)c2)c1. The van der Waals surface area contributed by atoms with E-state index in [9.17, 15) is 14.0 Å². The molecule has 0 radical (unpaired) electrons. The Kier molecular flexibility index (Phi) is 6.17. The first-order valence-electron chi connectivity index (χ1n) is 8.93. The van der Waals surface area contributed by atoms with E-state index >= 15 is 0 Å². The summed E-state index contributed by atoms with van der Waals surface area (Å²) in [6.45, 7) is 1.49. The number of halogens is 1. The van der Waals surface area contributed by atoms with Crippen molar-refractivity contribution in [2.24, 2.45) is 0 Å². The van der Waals surface area contributed by atoms with Crippen molar-refractivity contribution < 1.29 is 18.7 Å². The molecular formula is C23H20FNO3. The summed E-state index contributed by atoms with van der Waals surface area (Å²) in [5.41, 5.74) is 2.11. The minimum atomic E-state index is -0.319. The van der Waals surface area contributed by atoms with Crippen molar-refractivity contribution in [1.29, 1.82) is 0 Å². The van der Waals surface area contributed by atoms with Crippen LogP contribution in [0.25, 0.3) is 0 Å². The van der Waals surface area contributed by atoms with Crippen LogP contribution in [0.1, 0.15) is 29.3 Å². The fourth-order valence-electron chi connectivity index (χ4n) is 2.70. The largest absolute Gasteiger partial charge is 0.457 e. The average Bonchev–Trinajstić information content (AvgIpc) is 2.69. The van der Waals surface area contributed by atoms with Gasteiger partial charge in [0.15, 0.2) is 5.78 Å². The first-order valence-corrected chi connectivity index (χ1v) is 8.93. The summed E-state index contributed by atoms with van der Waals surface area (Å²) in [6.07, 6.45) is 0.836. The third-order valence-corrected chi connectivity index (χ3v) is 4.14. The molecule has 0 aromatic heterocycles. The van der Waals surface area contributed by atoms with Gasteiger partial charge in [0.25, 0.3) is 0 Å². The second-order valence-corrected chi connectivity index (χ2v) is 6.39. The van der Waals surface area contributed by atoms with Gasteiger partial charge in [-0.2, -0.15) is 0 Å². The molecule has 142 valence electrons. The van der Waals surface area contributed by atoms with Gasteiger partial charge in [-0.15, -0.1) is 0 Å². The van der Waals surface area contributed by atoms with Crippen molar-refractivity contribution in [2.45, 2.75) is 19.8 Å². The van der Waals surface area contributed by atoms with Crippen molar-refractivity contribution in [3.05, 3.63) is 89.7 Å². The van der Waals surface area contributed by atoms with E-state index in [2.05, 4.69) is 5.32 Å². The zero-order valence-corrected chi connectivity index (χ0v) is 15.4. The van der Waals surface area contributed by atoms with E-state index in [-0.39, 0.29) is 17.5 Å². The van der Waals surface area contributed by atoms with Crippen LogP contribution in [0.5, 0.6) is 11.5 Å². The van der Waals surface area contributed by atoms with Gasteiger partial charge >= 0.3 is 0 Å². The van der Waals surface area contributed by atoms with Gasteiger partial charge in [0, 0.05) is 17.7 Å². The molecule has 1 N–H and O–H groups in total. The van der Waals surface area contributed by atoms with Crippen LogP contribution in [0.4, 0.5) is 10.1 Å². The van der Waals surface area contributed by atoms with Crippen molar-refractivity contribution in [3.8, 4) is 11.5 Å². The highest BCUT2D eigenvalue weighted by Crippen LogP contribution is 2.23. The molecule has 0 aliphatic carbocycles. The van der Waals surface area contributed by atoms with Gasteiger partial charge in [-0.25, -0.2) is 4.39 Å². The lowest BCUT2D eigenvalue weighted by atomic mass is 10.1. The van der Waals surface area contributed by atoms with Crippen LogP contribution in [-0.4, -0.2) is 11.7 Å². The maximum atomic E-state index is 13.0. The van der Waals surface area contributed by atoms with Crippen LogP contribution in [0.3, 0.4) is 0 Å². The van der Waals surface area contributed by atoms with E-state index in [1.807, 2.05) is 18.2 Å². The fourth-order valence-corrected chi connectivity index (χ4v) is 2.70. The second-order valence-electron chi connectivity index (χ2n) is 6.39. The van der Waals surface area contributed by atoms with Gasteiger partial charge < -0.3 is 10.1 Å². The molecule has 0 bridgehead atoms. The quantitative estimate of drug-likeness (QED) is 0.562. The monoisotopic (exact) mass is 377 g/mol. The van der Waals surface area contributed by atoms with Crippen LogP contribution in [0.2, 0.25) is 0 Å². The van der Waals surface area contributed by atoms with Gasteiger partial charge in [-0.3, -0.25) is 9.59 Å². The lowest BCUT2D eigenvalue weighted by Crippen LogP contribution is -2.12. The zero-order valence-electron chi connectivity index (χ0n) is 15.4. The summed E-state index contributed by atoms with van der Waals surface area (Å²) in [5, 5.41) is 2.81. The number of carbonyl (C=O) groups excluding carboxylic acids is 2. The van der Waals surface area contributed by atoms with Gasteiger partial charge in [-0.05, 0) is 67.4 Å². The van der Waals surface area contributed by atoms with E-state index in [1.165, 1.54) is 19.1 Å². The number of ketones is 1. The van der Waals surface area contributed by atoms with Crippen molar-refractivity contribution in [2.75, 3.05) is 5.32 Å². The van der Waals surface area contributed by atoms with Crippen molar-refractivity contribution in [3.63, 3.8) is 0 Å². The van der Waals surface area contributed by atoms with E-state index < -0.39 is 0 Å². The summed E-state index contributed by atoms with van der Waals surface area (Å²) < 4.78 is 18.7. The molecule has 28 heavy (non-hydrogen) atoms. The van der Waals surface area contributed by atoms with Gasteiger partial charge in [-0.1, -0.05) is 24.3 Å². The standard InChI is InChI=1S/C23H20FNO3/c1-16(26)18-5-3-6-20(15-18)25-23(27)13-8-17-4-2-7-22(14-17)28-21-11-9-19(24)10-12-21/h2-7,9-12,14-15H,8,13H2,1H3,(H,25,27). The van der Waals surface area contributed by atoms with Crippen LogP contribution < -0.4 is 10.1 Å². The van der Waals surface area contributed by atoms with Gasteiger partial charge in [0.05, 0.1) is 0 Å². The molecule has 0 fully saturated rings. The summed E-state index contributed by atoms with van der Waals surface area (Å²) >= 11 is 0. The van der Waals surface area contributed by atoms with E-state index in [0.29, 0.717) is 35.6 Å². The minimum Gasteiger partial charge on any atom is -0.457 e. The van der Waals surface area contributed by atoms with E-state index in [1.54, 1.807) is 42.5 Å². The van der Waals surface area contributed by atoms with Crippen molar-refractivity contribution in [1.82, 2.24) is 0 Å². The lowest BCUT2D eigenvalue weighted by molar-refractivity contribution is -0.116. The number of benzene rings is 3. The lowest BCUT2D eigenvalue weighted by Gasteiger charge is -2.09. The maximum absolute atomic E-state index is 13.0.